The normalized spacial score (nSPS) is 11.1. The number of carbonyl (C=O) groups is 1. The van der Waals surface area contributed by atoms with Crippen molar-refractivity contribution < 1.29 is 13.6 Å². The van der Waals surface area contributed by atoms with Crippen LogP contribution in [0.4, 0.5) is 4.39 Å². The molecule has 0 bridgehead atoms. The monoisotopic (exact) mass is 366 g/mol. The summed E-state index contributed by atoms with van der Waals surface area (Å²) in [5.74, 6) is -0.475. The van der Waals surface area contributed by atoms with E-state index in [-0.39, 0.29) is 11.7 Å². The van der Waals surface area contributed by atoms with E-state index in [0.717, 1.165) is 24.0 Å². The highest BCUT2D eigenvalue weighted by atomic mass is 19.1. The minimum Gasteiger partial charge on any atom is -0.463 e. The van der Waals surface area contributed by atoms with Gasteiger partial charge in [0.1, 0.15) is 11.5 Å². The number of nitrogens with one attached hydrogen (secondary N) is 1. The molecule has 0 saturated carbocycles. The van der Waals surface area contributed by atoms with Gasteiger partial charge >= 0.3 is 0 Å². The van der Waals surface area contributed by atoms with E-state index >= 15 is 0 Å². The summed E-state index contributed by atoms with van der Waals surface area (Å²) in [6, 6.07) is 9.90. The van der Waals surface area contributed by atoms with Crippen LogP contribution in [0.1, 0.15) is 22.5 Å². The smallest absolute Gasteiger partial charge is 0.268 e. The molecule has 1 amide bonds. The molecule has 0 saturated heterocycles. The highest BCUT2D eigenvalue weighted by molar-refractivity contribution is 5.97. The molecule has 3 aromatic heterocycles. The zero-order valence-electron chi connectivity index (χ0n) is 14.6. The van der Waals surface area contributed by atoms with E-state index in [1.165, 1.54) is 12.1 Å². The van der Waals surface area contributed by atoms with Gasteiger partial charge in [0.15, 0.2) is 5.58 Å². The van der Waals surface area contributed by atoms with Gasteiger partial charge in [0.05, 0.1) is 18.1 Å². The van der Waals surface area contributed by atoms with Gasteiger partial charge < -0.3 is 18.9 Å². The first kappa shape index (κ1) is 17.1. The van der Waals surface area contributed by atoms with E-state index in [1.54, 1.807) is 30.9 Å². The van der Waals surface area contributed by atoms with Crippen molar-refractivity contribution >= 4 is 17.0 Å². The van der Waals surface area contributed by atoms with Crippen LogP contribution in [0, 0.1) is 5.82 Å². The van der Waals surface area contributed by atoms with Crippen molar-refractivity contribution in [2.75, 3.05) is 6.54 Å². The number of furan rings is 1. The minimum atomic E-state index is -0.298. The first-order valence-corrected chi connectivity index (χ1v) is 8.76. The van der Waals surface area contributed by atoms with Crippen LogP contribution < -0.4 is 5.32 Å². The molecule has 1 N–H and O–H groups in total. The van der Waals surface area contributed by atoms with Crippen molar-refractivity contribution in [2.24, 2.45) is 0 Å². The minimum absolute atomic E-state index is 0.177. The number of amides is 1. The number of hydrogen-bond acceptors (Lipinski definition) is 3. The van der Waals surface area contributed by atoms with Crippen LogP contribution >= 0.6 is 0 Å². The number of hydrogen-bond donors (Lipinski definition) is 1. The van der Waals surface area contributed by atoms with Gasteiger partial charge in [-0.05, 0) is 24.1 Å². The molecule has 0 aliphatic heterocycles. The Morgan fingerprint density at radius 3 is 3.00 bits per heavy atom. The van der Waals surface area contributed by atoms with E-state index in [9.17, 15) is 9.18 Å². The molecular weight excluding hydrogens is 347 g/mol. The third-order valence-electron chi connectivity index (χ3n) is 4.42. The zero-order valence-corrected chi connectivity index (χ0v) is 14.6. The Morgan fingerprint density at radius 1 is 1.26 bits per heavy atom. The van der Waals surface area contributed by atoms with Crippen LogP contribution in [0.3, 0.4) is 0 Å². The highest BCUT2D eigenvalue weighted by Crippen LogP contribution is 2.22. The molecule has 0 aliphatic rings. The lowest BCUT2D eigenvalue weighted by Crippen LogP contribution is -2.27. The fourth-order valence-corrected chi connectivity index (χ4v) is 3.13. The molecule has 0 atom stereocenters. The zero-order chi connectivity index (χ0) is 18.6. The van der Waals surface area contributed by atoms with E-state index < -0.39 is 0 Å². The molecule has 4 rings (SSSR count). The van der Waals surface area contributed by atoms with E-state index in [1.807, 2.05) is 27.5 Å². The van der Waals surface area contributed by atoms with Gasteiger partial charge in [-0.3, -0.25) is 4.79 Å². The Labute approximate surface area is 155 Å². The summed E-state index contributed by atoms with van der Waals surface area (Å²) in [7, 11) is 0. The maximum atomic E-state index is 13.5. The van der Waals surface area contributed by atoms with Crippen molar-refractivity contribution in [2.45, 2.75) is 19.5 Å². The molecule has 6 nitrogen and oxygen atoms in total. The second-order valence-electron chi connectivity index (χ2n) is 6.33. The maximum absolute atomic E-state index is 13.5. The standard InChI is InChI=1S/C20H19FN4O2/c21-16-4-1-3-15(11-16)13-25-17-5-10-27-19(17)12-18(25)20(26)23-6-2-8-24-9-7-22-14-24/h1,3-5,7,9-12,14H,2,6,8,13H2,(H,23,26). The summed E-state index contributed by atoms with van der Waals surface area (Å²) in [5.41, 5.74) is 2.72. The van der Waals surface area contributed by atoms with Crippen LogP contribution in [0.15, 0.2) is 65.8 Å². The number of benzene rings is 1. The van der Waals surface area contributed by atoms with Crippen molar-refractivity contribution in [1.82, 2.24) is 19.4 Å². The molecule has 27 heavy (non-hydrogen) atoms. The molecule has 138 valence electrons. The predicted octanol–water partition coefficient (Wildman–Crippen LogP) is 3.44. The SMILES string of the molecule is O=C(NCCCn1ccnc1)c1cc2occc2n1Cc1cccc(F)c1. The van der Waals surface area contributed by atoms with Gasteiger partial charge in [0, 0.05) is 44.2 Å². The largest absolute Gasteiger partial charge is 0.463 e. The number of aryl methyl sites for hydroxylation is 1. The van der Waals surface area contributed by atoms with Crippen LogP contribution in [0.5, 0.6) is 0 Å². The summed E-state index contributed by atoms with van der Waals surface area (Å²) in [6.07, 6.45) is 7.75. The molecular formula is C20H19FN4O2. The van der Waals surface area contributed by atoms with Gasteiger partial charge in [-0.15, -0.1) is 0 Å². The van der Waals surface area contributed by atoms with Crippen molar-refractivity contribution in [3.8, 4) is 0 Å². The van der Waals surface area contributed by atoms with E-state index in [0.29, 0.717) is 24.4 Å². The first-order valence-electron chi connectivity index (χ1n) is 8.76. The Kier molecular flexibility index (Phi) is 4.74. The Bertz CT molecular complexity index is 1050. The average Bonchev–Trinajstić information content (AvgIpc) is 3.38. The Morgan fingerprint density at radius 2 is 2.19 bits per heavy atom. The van der Waals surface area contributed by atoms with Crippen LogP contribution in [-0.4, -0.2) is 26.6 Å². The highest BCUT2D eigenvalue weighted by Gasteiger charge is 2.17. The van der Waals surface area contributed by atoms with Gasteiger partial charge in [-0.2, -0.15) is 0 Å². The predicted molar refractivity (Wildman–Crippen MR) is 98.9 cm³/mol. The lowest BCUT2D eigenvalue weighted by atomic mass is 10.2. The number of aromatic nitrogens is 3. The number of nitrogens with zero attached hydrogens (tertiary/aromatic N) is 3. The number of fused-ring (bicyclic) bond motifs is 1. The third kappa shape index (κ3) is 3.76. The summed E-state index contributed by atoms with van der Waals surface area (Å²) in [5, 5.41) is 2.94. The fraction of sp³-hybridized carbons (Fsp3) is 0.200. The average molecular weight is 366 g/mol. The Hall–Kier alpha value is -3.35. The second-order valence-corrected chi connectivity index (χ2v) is 6.33. The molecule has 0 unspecified atom stereocenters. The summed E-state index contributed by atoms with van der Waals surface area (Å²) >= 11 is 0. The van der Waals surface area contributed by atoms with Gasteiger partial charge in [-0.25, -0.2) is 9.37 Å². The molecule has 4 aromatic rings. The topological polar surface area (TPSA) is 65.0 Å². The van der Waals surface area contributed by atoms with Crippen LogP contribution in [-0.2, 0) is 13.1 Å². The van der Waals surface area contributed by atoms with Gasteiger partial charge in [-0.1, -0.05) is 12.1 Å². The fourth-order valence-electron chi connectivity index (χ4n) is 3.13. The number of halogens is 1. The quantitative estimate of drug-likeness (QED) is 0.510. The van der Waals surface area contributed by atoms with Crippen molar-refractivity contribution in [3.63, 3.8) is 0 Å². The van der Waals surface area contributed by atoms with E-state index in [2.05, 4.69) is 10.3 Å². The second kappa shape index (κ2) is 7.49. The van der Waals surface area contributed by atoms with Crippen molar-refractivity contribution in [1.29, 1.82) is 0 Å². The summed E-state index contributed by atoms with van der Waals surface area (Å²) < 4.78 is 22.8. The van der Waals surface area contributed by atoms with Crippen molar-refractivity contribution in [3.05, 3.63) is 78.5 Å². The molecule has 7 heteroatoms. The Balaban J connectivity index is 1.48. The van der Waals surface area contributed by atoms with Gasteiger partial charge in [0.25, 0.3) is 5.91 Å². The third-order valence-corrected chi connectivity index (χ3v) is 4.42. The summed E-state index contributed by atoms with van der Waals surface area (Å²) in [4.78, 5) is 16.7. The first-order chi connectivity index (χ1) is 13.2. The number of rotatable bonds is 7. The molecule has 0 fully saturated rings. The molecule has 0 spiro atoms. The lowest BCUT2D eigenvalue weighted by Gasteiger charge is -2.11. The molecule has 3 heterocycles. The van der Waals surface area contributed by atoms with Crippen LogP contribution in [0.2, 0.25) is 0 Å². The maximum Gasteiger partial charge on any atom is 0.268 e. The molecule has 0 radical (unpaired) electrons. The van der Waals surface area contributed by atoms with Crippen LogP contribution in [0.25, 0.3) is 11.1 Å². The number of imidazole rings is 1. The molecule has 0 aliphatic carbocycles. The lowest BCUT2D eigenvalue weighted by molar-refractivity contribution is 0.0944. The molecule has 1 aromatic carbocycles. The number of carbonyl (C=O) groups excluding carboxylic acids is 1. The van der Waals surface area contributed by atoms with E-state index in [4.69, 9.17) is 4.42 Å². The van der Waals surface area contributed by atoms with Gasteiger partial charge in [0.2, 0.25) is 0 Å². The summed E-state index contributed by atoms with van der Waals surface area (Å²) in [6.45, 7) is 1.72.